The van der Waals surface area contributed by atoms with E-state index in [2.05, 4.69) is 12.2 Å². The Bertz CT molecular complexity index is 485. The highest BCUT2D eigenvalue weighted by Gasteiger charge is 2.62. The number of aliphatic hydroxyl groups is 1. The van der Waals surface area contributed by atoms with E-state index >= 15 is 0 Å². The molecule has 0 heterocycles. The molecule has 0 radical (unpaired) electrons. The number of hydrogen-bond donors (Lipinski definition) is 1. The van der Waals surface area contributed by atoms with Gasteiger partial charge in [0.1, 0.15) is 0 Å². The van der Waals surface area contributed by atoms with Crippen molar-refractivity contribution in [2.24, 2.45) is 47.3 Å². The predicted octanol–water partition coefficient (Wildman–Crippen LogP) is 2.22. The molecule has 0 aliphatic heterocycles. The van der Waals surface area contributed by atoms with Crippen LogP contribution in [0.1, 0.15) is 26.2 Å². The van der Waals surface area contributed by atoms with E-state index in [1.165, 1.54) is 20.0 Å². The van der Waals surface area contributed by atoms with Crippen molar-refractivity contribution >= 4 is 5.97 Å². The maximum absolute atomic E-state index is 12.4. The Balaban J connectivity index is 1.53. The summed E-state index contributed by atoms with van der Waals surface area (Å²) in [7, 11) is 1.51. The molecule has 4 aliphatic carbocycles. The summed E-state index contributed by atoms with van der Waals surface area (Å²) < 4.78 is 10.0. The first-order valence-electron chi connectivity index (χ1n) is 8.63. The molecule has 0 aromatic carbocycles. The summed E-state index contributed by atoms with van der Waals surface area (Å²) in [6.07, 6.45) is 7.84. The van der Waals surface area contributed by atoms with Gasteiger partial charge in [-0.3, -0.25) is 4.79 Å². The molecular weight excluding hydrogens is 280 g/mol. The van der Waals surface area contributed by atoms with Crippen molar-refractivity contribution in [3.63, 3.8) is 0 Å². The lowest BCUT2D eigenvalue weighted by Gasteiger charge is -2.40. The van der Waals surface area contributed by atoms with E-state index in [1.807, 2.05) is 0 Å². The zero-order chi connectivity index (χ0) is 15.4. The van der Waals surface area contributed by atoms with Gasteiger partial charge < -0.3 is 14.6 Å². The van der Waals surface area contributed by atoms with Gasteiger partial charge in [-0.2, -0.15) is 0 Å². The van der Waals surface area contributed by atoms with Crippen LogP contribution in [0.4, 0.5) is 0 Å². The van der Waals surface area contributed by atoms with E-state index in [0.29, 0.717) is 5.92 Å². The second-order valence-corrected chi connectivity index (χ2v) is 7.80. The fraction of sp³-hybridized carbons (Fsp3) is 0.833. The van der Waals surface area contributed by atoms with Crippen LogP contribution in [0.15, 0.2) is 12.2 Å². The summed E-state index contributed by atoms with van der Waals surface area (Å²) in [6, 6.07) is 0. The third-order valence-electron chi connectivity index (χ3n) is 6.89. The van der Waals surface area contributed by atoms with Crippen LogP contribution in [-0.2, 0) is 14.3 Å². The Morgan fingerprint density at radius 1 is 1.23 bits per heavy atom. The van der Waals surface area contributed by atoms with Gasteiger partial charge in [0.05, 0.1) is 12.0 Å². The normalized spacial score (nSPS) is 46.8. The highest BCUT2D eigenvalue weighted by atomic mass is 16.7. The van der Waals surface area contributed by atoms with Crippen molar-refractivity contribution in [1.82, 2.24) is 0 Å². The highest BCUT2D eigenvalue weighted by molar-refractivity contribution is 5.73. The average molecular weight is 306 g/mol. The number of hydrogen-bond acceptors (Lipinski definition) is 4. The summed E-state index contributed by atoms with van der Waals surface area (Å²) >= 11 is 0. The van der Waals surface area contributed by atoms with Gasteiger partial charge in [-0.15, -0.1) is 0 Å². The molecule has 1 N–H and O–H groups in total. The molecule has 4 aliphatic rings. The lowest BCUT2D eigenvalue weighted by atomic mass is 9.65. The van der Waals surface area contributed by atoms with Crippen molar-refractivity contribution in [3.8, 4) is 0 Å². The smallest absolute Gasteiger partial charge is 0.313 e. The molecule has 0 spiro atoms. The number of esters is 1. The first kappa shape index (κ1) is 14.7. The molecule has 0 amide bonds. The molecule has 4 rings (SSSR count). The van der Waals surface area contributed by atoms with Crippen LogP contribution in [0.5, 0.6) is 0 Å². The number of aliphatic hydroxyl groups excluding tert-OH is 1. The number of rotatable bonds is 5. The summed E-state index contributed by atoms with van der Waals surface area (Å²) in [6.45, 7) is 1.70. The van der Waals surface area contributed by atoms with Gasteiger partial charge in [0.25, 0.3) is 0 Å². The maximum atomic E-state index is 12.4. The molecule has 4 heteroatoms. The fourth-order valence-corrected chi connectivity index (χ4v) is 6.42. The van der Waals surface area contributed by atoms with Gasteiger partial charge in [-0.05, 0) is 67.6 Å². The van der Waals surface area contributed by atoms with Crippen LogP contribution in [0, 0.1) is 47.3 Å². The van der Waals surface area contributed by atoms with Crippen molar-refractivity contribution in [2.45, 2.75) is 32.3 Å². The number of carbonyl (C=O) groups is 1. The second kappa shape index (κ2) is 5.34. The van der Waals surface area contributed by atoms with Gasteiger partial charge in [-0.1, -0.05) is 12.2 Å². The van der Waals surface area contributed by atoms with E-state index in [4.69, 9.17) is 9.47 Å². The van der Waals surface area contributed by atoms with Crippen LogP contribution in [0.3, 0.4) is 0 Å². The predicted molar refractivity (Wildman–Crippen MR) is 80.6 cm³/mol. The van der Waals surface area contributed by atoms with E-state index in [-0.39, 0.29) is 18.7 Å². The minimum absolute atomic E-state index is 0.0254. The van der Waals surface area contributed by atoms with Gasteiger partial charge in [0, 0.05) is 7.11 Å². The zero-order valence-corrected chi connectivity index (χ0v) is 13.4. The van der Waals surface area contributed by atoms with Crippen LogP contribution >= 0.6 is 0 Å². The van der Waals surface area contributed by atoms with Gasteiger partial charge >= 0.3 is 5.97 Å². The van der Waals surface area contributed by atoms with Crippen LogP contribution < -0.4 is 0 Å². The summed E-state index contributed by atoms with van der Waals surface area (Å²) in [4.78, 5) is 12.4. The largest absolute Gasteiger partial charge is 0.438 e. The average Bonchev–Trinajstić information content (AvgIpc) is 3.22. The minimum Gasteiger partial charge on any atom is -0.438 e. The molecule has 0 aromatic heterocycles. The van der Waals surface area contributed by atoms with E-state index < -0.39 is 12.0 Å². The van der Waals surface area contributed by atoms with Gasteiger partial charge in [-0.25, -0.2) is 0 Å². The van der Waals surface area contributed by atoms with Crippen molar-refractivity contribution < 1.29 is 19.4 Å². The maximum Gasteiger partial charge on any atom is 0.313 e. The lowest BCUT2D eigenvalue weighted by Crippen LogP contribution is -2.41. The number of fused-ring (bicyclic) bond motifs is 9. The van der Waals surface area contributed by atoms with E-state index in [9.17, 15) is 9.90 Å². The number of ether oxygens (including phenoxy) is 2. The highest BCUT2D eigenvalue weighted by Crippen LogP contribution is 2.68. The van der Waals surface area contributed by atoms with Crippen LogP contribution in [-0.4, -0.2) is 31.1 Å². The van der Waals surface area contributed by atoms with Crippen molar-refractivity contribution in [2.75, 3.05) is 13.9 Å². The van der Waals surface area contributed by atoms with Gasteiger partial charge in [0.2, 0.25) is 0 Å². The Morgan fingerprint density at radius 2 is 1.95 bits per heavy atom. The molecule has 3 saturated carbocycles. The SMILES string of the molecule is COCOC(=O)C(C(C)O)C1CC2CC1C1C3C=CC(C3)C21. The molecular formula is C18H26O4. The summed E-state index contributed by atoms with van der Waals surface area (Å²) in [5.74, 6) is 4.04. The standard InChI is InChI=1S/C18H26O4/c1-9(19)15(18(20)22-8-21-2)13-6-12-7-14(13)17-11-4-3-10(5-11)16(12)17/h3-4,9-17,19H,5-8H2,1-2H3. The summed E-state index contributed by atoms with van der Waals surface area (Å²) in [5.41, 5.74) is 0. The quantitative estimate of drug-likeness (QED) is 0.366. The molecule has 9 atom stereocenters. The number of carbonyl (C=O) groups excluding carboxylic acids is 1. The molecule has 0 aromatic rings. The lowest BCUT2D eigenvalue weighted by molar-refractivity contribution is -0.167. The topological polar surface area (TPSA) is 55.8 Å². The Morgan fingerprint density at radius 3 is 2.64 bits per heavy atom. The Labute approximate surface area is 131 Å². The van der Waals surface area contributed by atoms with Crippen molar-refractivity contribution in [3.05, 3.63) is 12.2 Å². The van der Waals surface area contributed by atoms with Crippen LogP contribution in [0.2, 0.25) is 0 Å². The third kappa shape index (κ3) is 2.00. The number of methoxy groups -OCH3 is 1. The summed E-state index contributed by atoms with van der Waals surface area (Å²) in [5, 5.41) is 10.2. The second-order valence-electron chi connectivity index (χ2n) is 7.80. The molecule has 0 saturated heterocycles. The molecule has 4 bridgehead atoms. The third-order valence-corrected chi connectivity index (χ3v) is 6.89. The first-order chi connectivity index (χ1) is 10.6. The van der Waals surface area contributed by atoms with Crippen molar-refractivity contribution in [1.29, 1.82) is 0 Å². The zero-order valence-electron chi connectivity index (χ0n) is 13.4. The molecule has 3 fully saturated rings. The van der Waals surface area contributed by atoms with Crippen LogP contribution in [0.25, 0.3) is 0 Å². The first-order valence-corrected chi connectivity index (χ1v) is 8.63. The fourth-order valence-electron chi connectivity index (χ4n) is 6.42. The van der Waals surface area contributed by atoms with Gasteiger partial charge in [0.15, 0.2) is 6.79 Å². The molecule has 9 unspecified atom stereocenters. The molecule has 4 nitrogen and oxygen atoms in total. The Hall–Kier alpha value is -0.870. The monoisotopic (exact) mass is 306 g/mol. The minimum atomic E-state index is -0.652. The van der Waals surface area contributed by atoms with E-state index in [0.717, 1.165) is 36.0 Å². The van der Waals surface area contributed by atoms with E-state index in [1.54, 1.807) is 6.92 Å². The molecule has 122 valence electrons. The number of allylic oxidation sites excluding steroid dienone is 2. The molecule has 22 heavy (non-hydrogen) atoms. The Kier molecular flexibility index (Phi) is 3.57.